The van der Waals surface area contributed by atoms with Gasteiger partial charge in [0.15, 0.2) is 5.76 Å². The molecular formula is C28H32N2O6S. The molecule has 0 bridgehead atoms. The minimum absolute atomic E-state index is 0.0599. The lowest BCUT2D eigenvalue weighted by atomic mass is 9.92. The van der Waals surface area contributed by atoms with Crippen LogP contribution in [0.3, 0.4) is 0 Å². The molecule has 3 aromatic rings. The van der Waals surface area contributed by atoms with Gasteiger partial charge in [-0.25, -0.2) is 0 Å². The molecule has 1 atom stereocenters. The summed E-state index contributed by atoms with van der Waals surface area (Å²) in [4.78, 5) is 30.5. The van der Waals surface area contributed by atoms with Gasteiger partial charge in [-0.15, -0.1) is 11.8 Å². The van der Waals surface area contributed by atoms with Crippen molar-refractivity contribution < 1.29 is 23.8 Å². The summed E-state index contributed by atoms with van der Waals surface area (Å²) < 4.78 is 16.2. The van der Waals surface area contributed by atoms with Crippen LogP contribution in [-0.4, -0.2) is 62.6 Å². The lowest BCUT2D eigenvalue weighted by molar-refractivity contribution is -0.140. The highest BCUT2D eigenvalue weighted by Gasteiger charge is 2.27. The summed E-state index contributed by atoms with van der Waals surface area (Å²) in [6.45, 7) is 3.65. The van der Waals surface area contributed by atoms with E-state index in [0.717, 1.165) is 48.1 Å². The highest BCUT2D eigenvalue weighted by Crippen LogP contribution is 2.34. The molecule has 0 unspecified atom stereocenters. The Bertz CT molecular complexity index is 1250. The molecule has 4 rings (SSSR count). The maximum absolute atomic E-state index is 12.7. The van der Waals surface area contributed by atoms with Crippen molar-refractivity contribution in [2.75, 3.05) is 51.6 Å². The van der Waals surface area contributed by atoms with Crippen LogP contribution in [0.25, 0.3) is 0 Å². The molecule has 196 valence electrons. The second kappa shape index (κ2) is 12.2. The number of ether oxygens (including phenoxy) is 2. The predicted molar refractivity (Wildman–Crippen MR) is 144 cm³/mol. The van der Waals surface area contributed by atoms with Gasteiger partial charge in [-0.2, -0.15) is 0 Å². The number of anilines is 1. The molecule has 0 saturated carbocycles. The maximum atomic E-state index is 12.7. The van der Waals surface area contributed by atoms with Crippen LogP contribution in [0.5, 0.6) is 11.5 Å². The van der Waals surface area contributed by atoms with Gasteiger partial charge >= 0.3 is 5.97 Å². The average Bonchev–Trinajstić information content (AvgIpc) is 2.94. The Morgan fingerprint density at radius 2 is 1.73 bits per heavy atom. The van der Waals surface area contributed by atoms with Gasteiger partial charge in [0.05, 0.1) is 33.1 Å². The normalized spacial score (nSPS) is 14.8. The summed E-state index contributed by atoms with van der Waals surface area (Å²) in [5, 5.41) is 10.7. The Hall–Kier alpha value is -3.43. The van der Waals surface area contributed by atoms with Gasteiger partial charge in [0.1, 0.15) is 11.5 Å². The minimum atomic E-state index is -0.650. The molecule has 0 amide bonds. The topological polar surface area (TPSA) is 92.5 Å². The molecule has 1 fully saturated rings. The monoisotopic (exact) mass is 524 g/mol. The van der Waals surface area contributed by atoms with Gasteiger partial charge in [-0.3, -0.25) is 14.5 Å². The van der Waals surface area contributed by atoms with E-state index in [2.05, 4.69) is 9.80 Å². The van der Waals surface area contributed by atoms with Crippen LogP contribution in [0.1, 0.15) is 29.4 Å². The first-order chi connectivity index (χ1) is 17.9. The smallest absolute Gasteiger partial charge is 0.306 e. The summed E-state index contributed by atoms with van der Waals surface area (Å²) in [6, 6.07) is 17.0. The van der Waals surface area contributed by atoms with Crippen LogP contribution in [0.2, 0.25) is 0 Å². The number of aromatic hydroxyl groups is 1. The molecule has 2 heterocycles. The third-order valence-electron chi connectivity index (χ3n) is 6.62. The Kier molecular flexibility index (Phi) is 8.78. The third-order valence-corrected chi connectivity index (χ3v) is 7.37. The number of methoxy groups -OCH3 is 2. The van der Waals surface area contributed by atoms with Gasteiger partial charge in [-0.05, 0) is 48.2 Å². The molecule has 2 aromatic carbocycles. The van der Waals surface area contributed by atoms with Crippen molar-refractivity contribution in [2.24, 2.45) is 0 Å². The molecular weight excluding hydrogens is 492 g/mol. The largest absolute Gasteiger partial charge is 0.502 e. The standard InChI is InChI=1S/C28H32N2O6S/c1-34-21-8-6-20(7-9-21)30-14-12-29(13-15-30)18-22-16-25(31)27(33)28(36-22)24(17-26(32)35-2)19-4-10-23(37-3)11-5-19/h4-11,16,24,33H,12-15,17-18H2,1-3H3/t24-/m0/s1. The lowest BCUT2D eigenvalue weighted by Gasteiger charge is -2.36. The molecule has 37 heavy (non-hydrogen) atoms. The summed E-state index contributed by atoms with van der Waals surface area (Å²) >= 11 is 1.60. The molecule has 1 aliphatic heterocycles. The fraction of sp³-hybridized carbons (Fsp3) is 0.357. The number of hydrogen-bond acceptors (Lipinski definition) is 9. The summed E-state index contributed by atoms with van der Waals surface area (Å²) in [5.74, 6) is -0.223. The third kappa shape index (κ3) is 6.47. The van der Waals surface area contributed by atoms with Crippen molar-refractivity contribution in [3.63, 3.8) is 0 Å². The van der Waals surface area contributed by atoms with Crippen molar-refractivity contribution in [1.29, 1.82) is 0 Å². The van der Waals surface area contributed by atoms with E-state index in [1.807, 2.05) is 54.8 Å². The number of hydrogen-bond donors (Lipinski definition) is 1. The zero-order valence-corrected chi connectivity index (χ0v) is 22.1. The fourth-order valence-electron chi connectivity index (χ4n) is 4.49. The van der Waals surface area contributed by atoms with E-state index < -0.39 is 23.1 Å². The molecule has 1 aliphatic rings. The first-order valence-electron chi connectivity index (χ1n) is 12.1. The first kappa shape index (κ1) is 26.6. The number of carbonyl (C=O) groups excluding carboxylic acids is 1. The van der Waals surface area contributed by atoms with Gasteiger partial charge in [-0.1, -0.05) is 12.1 Å². The first-order valence-corrected chi connectivity index (χ1v) is 13.3. The quantitative estimate of drug-likeness (QED) is 0.328. The molecule has 8 nitrogen and oxygen atoms in total. The summed E-state index contributed by atoms with van der Waals surface area (Å²) in [6.07, 6.45) is 1.92. The second-order valence-electron chi connectivity index (χ2n) is 8.86. The van der Waals surface area contributed by atoms with Crippen molar-refractivity contribution in [3.8, 4) is 11.5 Å². The van der Waals surface area contributed by atoms with E-state index >= 15 is 0 Å². The van der Waals surface area contributed by atoms with Crippen LogP contribution in [-0.2, 0) is 16.1 Å². The number of piperazine rings is 1. The van der Waals surface area contributed by atoms with Crippen molar-refractivity contribution in [3.05, 3.63) is 81.9 Å². The van der Waals surface area contributed by atoms with E-state index in [1.165, 1.54) is 13.2 Å². The number of carbonyl (C=O) groups is 1. The molecule has 0 radical (unpaired) electrons. The van der Waals surface area contributed by atoms with Gasteiger partial charge in [0.2, 0.25) is 11.2 Å². The van der Waals surface area contributed by atoms with E-state index in [1.54, 1.807) is 18.9 Å². The Balaban J connectivity index is 1.52. The maximum Gasteiger partial charge on any atom is 0.306 e. The van der Waals surface area contributed by atoms with Crippen molar-refractivity contribution in [1.82, 2.24) is 4.90 Å². The summed E-state index contributed by atoms with van der Waals surface area (Å²) in [5.41, 5.74) is 1.37. The van der Waals surface area contributed by atoms with Crippen LogP contribution in [0, 0.1) is 0 Å². The van der Waals surface area contributed by atoms with E-state index in [-0.39, 0.29) is 12.2 Å². The van der Waals surface area contributed by atoms with Gasteiger partial charge in [0, 0.05) is 42.8 Å². The Morgan fingerprint density at radius 3 is 2.32 bits per heavy atom. The summed E-state index contributed by atoms with van der Waals surface area (Å²) in [7, 11) is 2.97. The number of benzene rings is 2. The molecule has 1 saturated heterocycles. The Morgan fingerprint density at radius 1 is 1.05 bits per heavy atom. The molecule has 1 aromatic heterocycles. The highest BCUT2D eigenvalue weighted by atomic mass is 32.2. The number of thioether (sulfide) groups is 1. The average molecular weight is 525 g/mol. The Labute approximate surface area is 220 Å². The molecule has 0 aliphatic carbocycles. The van der Waals surface area contributed by atoms with Gasteiger partial charge < -0.3 is 23.9 Å². The zero-order chi connectivity index (χ0) is 26.4. The van der Waals surface area contributed by atoms with E-state index in [4.69, 9.17) is 13.9 Å². The van der Waals surface area contributed by atoms with Crippen LogP contribution < -0.4 is 15.1 Å². The number of esters is 1. The second-order valence-corrected chi connectivity index (χ2v) is 9.74. The van der Waals surface area contributed by atoms with E-state index in [9.17, 15) is 14.7 Å². The molecule has 1 N–H and O–H groups in total. The lowest BCUT2D eigenvalue weighted by Crippen LogP contribution is -2.46. The minimum Gasteiger partial charge on any atom is -0.502 e. The van der Waals surface area contributed by atoms with Crippen molar-refractivity contribution >= 4 is 23.4 Å². The number of rotatable bonds is 9. The van der Waals surface area contributed by atoms with Crippen LogP contribution in [0.4, 0.5) is 5.69 Å². The van der Waals surface area contributed by atoms with Crippen LogP contribution in [0.15, 0.2) is 68.7 Å². The van der Waals surface area contributed by atoms with Crippen molar-refractivity contribution in [2.45, 2.75) is 23.8 Å². The molecule has 0 spiro atoms. The highest BCUT2D eigenvalue weighted by molar-refractivity contribution is 7.98. The van der Waals surface area contributed by atoms with E-state index in [0.29, 0.717) is 12.3 Å². The number of nitrogens with zero attached hydrogens (tertiary/aromatic N) is 2. The zero-order valence-electron chi connectivity index (χ0n) is 21.3. The predicted octanol–water partition coefficient (Wildman–Crippen LogP) is 4.09. The SMILES string of the molecule is COC(=O)C[C@@H](c1ccc(SC)cc1)c1oc(CN2CCN(c3ccc(OC)cc3)CC2)cc(=O)c1O. The van der Waals surface area contributed by atoms with Gasteiger partial charge in [0.25, 0.3) is 0 Å². The van der Waals surface area contributed by atoms with Crippen LogP contribution >= 0.6 is 11.8 Å². The fourth-order valence-corrected chi connectivity index (χ4v) is 4.90. The molecule has 9 heteroatoms.